The molecule has 16 heavy (non-hydrogen) atoms. The van der Waals surface area contributed by atoms with Gasteiger partial charge in [0.05, 0.1) is 5.69 Å². The van der Waals surface area contributed by atoms with E-state index in [1.165, 1.54) is 0 Å². The van der Waals surface area contributed by atoms with Crippen molar-refractivity contribution < 1.29 is 4.74 Å². The molecular formula is C11H18ClN3O. The van der Waals surface area contributed by atoms with Crippen molar-refractivity contribution >= 4 is 18.1 Å². The van der Waals surface area contributed by atoms with Gasteiger partial charge in [-0.05, 0) is 37.8 Å². The van der Waals surface area contributed by atoms with Gasteiger partial charge in [0.25, 0.3) is 0 Å². The first-order chi connectivity index (χ1) is 7.25. The third-order valence-electron chi connectivity index (χ3n) is 2.80. The minimum absolute atomic E-state index is 0. The lowest BCUT2D eigenvalue weighted by atomic mass is 9.94. The lowest BCUT2D eigenvalue weighted by molar-refractivity contribution is 0.142. The molecule has 0 amide bonds. The molecule has 4 N–H and O–H groups in total. The minimum Gasteiger partial charge on any atom is -0.473 e. The molecule has 0 aliphatic heterocycles. The molecule has 1 aliphatic rings. The third kappa shape index (κ3) is 3.25. The largest absolute Gasteiger partial charge is 0.473 e. The van der Waals surface area contributed by atoms with Crippen molar-refractivity contribution in [2.24, 2.45) is 5.73 Å². The van der Waals surface area contributed by atoms with Gasteiger partial charge in [0, 0.05) is 12.2 Å². The molecule has 1 heterocycles. The van der Waals surface area contributed by atoms with Crippen LogP contribution in [0.15, 0.2) is 18.3 Å². The first-order valence-corrected chi connectivity index (χ1v) is 5.38. The molecule has 1 fully saturated rings. The summed E-state index contributed by atoms with van der Waals surface area (Å²) in [7, 11) is 0. The summed E-state index contributed by atoms with van der Waals surface area (Å²) >= 11 is 0. The summed E-state index contributed by atoms with van der Waals surface area (Å²) < 4.78 is 5.74. The number of halogens is 1. The Morgan fingerprint density at radius 1 is 1.25 bits per heavy atom. The van der Waals surface area contributed by atoms with Crippen LogP contribution in [0.4, 0.5) is 5.69 Å². The highest BCUT2D eigenvalue weighted by atomic mass is 35.5. The first-order valence-electron chi connectivity index (χ1n) is 5.38. The Balaban J connectivity index is 0.00000128. The highest BCUT2D eigenvalue weighted by Gasteiger charge is 2.20. The summed E-state index contributed by atoms with van der Waals surface area (Å²) in [6, 6.07) is 3.95. The topological polar surface area (TPSA) is 74.2 Å². The van der Waals surface area contributed by atoms with Crippen LogP contribution in [0.1, 0.15) is 25.7 Å². The Kier molecular flexibility index (Phi) is 4.83. The molecule has 1 saturated carbocycles. The summed E-state index contributed by atoms with van der Waals surface area (Å²) in [6.07, 6.45) is 5.96. The fourth-order valence-electron chi connectivity index (χ4n) is 1.87. The molecule has 1 aromatic heterocycles. The van der Waals surface area contributed by atoms with E-state index in [-0.39, 0.29) is 18.5 Å². The van der Waals surface area contributed by atoms with Crippen LogP contribution >= 0.6 is 12.4 Å². The predicted molar refractivity (Wildman–Crippen MR) is 66.8 cm³/mol. The second-order valence-electron chi connectivity index (χ2n) is 4.05. The third-order valence-corrected chi connectivity index (χ3v) is 2.80. The number of aromatic nitrogens is 1. The summed E-state index contributed by atoms with van der Waals surface area (Å²) in [5.41, 5.74) is 12.2. The van der Waals surface area contributed by atoms with Crippen molar-refractivity contribution in [2.75, 3.05) is 5.73 Å². The maximum absolute atomic E-state index is 5.82. The first kappa shape index (κ1) is 13.1. The van der Waals surface area contributed by atoms with E-state index in [9.17, 15) is 0 Å². The molecule has 0 atom stereocenters. The van der Waals surface area contributed by atoms with Crippen LogP contribution in [0.3, 0.4) is 0 Å². The number of rotatable bonds is 2. The summed E-state index contributed by atoms with van der Waals surface area (Å²) in [5, 5.41) is 0. The van der Waals surface area contributed by atoms with Crippen molar-refractivity contribution in [3.63, 3.8) is 0 Å². The molecule has 0 spiro atoms. The van der Waals surface area contributed by atoms with Gasteiger partial charge in [0.15, 0.2) is 0 Å². The molecule has 1 aliphatic carbocycles. The van der Waals surface area contributed by atoms with Gasteiger partial charge < -0.3 is 16.2 Å². The molecule has 0 saturated heterocycles. The number of pyridine rings is 1. The van der Waals surface area contributed by atoms with Crippen molar-refractivity contribution in [1.82, 2.24) is 4.98 Å². The average molecular weight is 244 g/mol. The fourth-order valence-corrected chi connectivity index (χ4v) is 1.87. The fraction of sp³-hybridized carbons (Fsp3) is 0.545. The number of nitrogens with zero attached hydrogens (tertiary/aromatic N) is 1. The molecule has 0 aromatic carbocycles. The molecule has 0 unspecified atom stereocenters. The van der Waals surface area contributed by atoms with E-state index in [4.69, 9.17) is 16.2 Å². The van der Waals surface area contributed by atoms with E-state index in [0.29, 0.717) is 17.6 Å². The number of nitrogen functional groups attached to an aromatic ring is 1. The lowest BCUT2D eigenvalue weighted by Gasteiger charge is -2.26. The van der Waals surface area contributed by atoms with Crippen LogP contribution in [-0.2, 0) is 0 Å². The Labute approximate surface area is 102 Å². The van der Waals surface area contributed by atoms with Gasteiger partial charge in [-0.1, -0.05) is 0 Å². The van der Waals surface area contributed by atoms with Crippen LogP contribution in [-0.4, -0.2) is 17.1 Å². The highest BCUT2D eigenvalue weighted by Crippen LogP contribution is 2.24. The van der Waals surface area contributed by atoms with Crippen LogP contribution in [0.2, 0.25) is 0 Å². The standard InChI is InChI=1S/C11H17N3O.ClH/c12-8-3-5-9(6-4-8)15-11-10(13)2-1-7-14-11;/h1-2,7-9H,3-6,12-13H2;1H/t8-,9-;. The molecule has 5 heteroatoms. The van der Waals surface area contributed by atoms with Gasteiger partial charge in [0.1, 0.15) is 6.10 Å². The summed E-state index contributed by atoms with van der Waals surface area (Å²) in [5.74, 6) is 0.554. The van der Waals surface area contributed by atoms with E-state index in [1.54, 1.807) is 18.3 Å². The zero-order chi connectivity index (χ0) is 10.7. The number of hydrogen-bond acceptors (Lipinski definition) is 4. The van der Waals surface area contributed by atoms with Crippen LogP contribution in [0.5, 0.6) is 5.88 Å². The van der Waals surface area contributed by atoms with Crippen LogP contribution < -0.4 is 16.2 Å². The second-order valence-corrected chi connectivity index (χ2v) is 4.05. The number of hydrogen-bond donors (Lipinski definition) is 2. The van der Waals surface area contributed by atoms with Gasteiger partial charge in [-0.15, -0.1) is 12.4 Å². The molecule has 0 bridgehead atoms. The lowest BCUT2D eigenvalue weighted by Crippen LogP contribution is -2.31. The van der Waals surface area contributed by atoms with Gasteiger partial charge in [-0.3, -0.25) is 0 Å². The molecule has 2 rings (SSSR count). The maximum Gasteiger partial charge on any atom is 0.237 e. The van der Waals surface area contributed by atoms with E-state index in [1.807, 2.05) is 0 Å². The van der Waals surface area contributed by atoms with E-state index >= 15 is 0 Å². The molecule has 4 nitrogen and oxygen atoms in total. The molecule has 0 radical (unpaired) electrons. The average Bonchev–Trinajstić information content (AvgIpc) is 2.25. The highest BCUT2D eigenvalue weighted by molar-refractivity contribution is 5.85. The Morgan fingerprint density at radius 3 is 2.56 bits per heavy atom. The normalized spacial score (nSPS) is 24.6. The van der Waals surface area contributed by atoms with E-state index < -0.39 is 0 Å². The number of anilines is 1. The van der Waals surface area contributed by atoms with Crippen LogP contribution in [0.25, 0.3) is 0 Å². The Bertz CT molecular complexity index is 327. The minimum atomic E-state index is 0. The quantitative estimate of drug-likeness (QED) is 0.830. The van der Waals surface area contributed by atoms with Gasteiger partial charge in [0.2, 0.25) is 5.88 Å². The summed E-state index contributed by atoms with van der Waals surface area (Å²) in [6.45, 7) is 0. The smallest absolute Gasteiger partial charge is 0.237 e. The molecule has 90 valence electrons. The van der Waals surface area contributed by atoms with E-state index in [2.05, 4.69) is 4.98 Å². The maximum atomic E-state index is 5.82. The van der Waals surface area contributed by atoms with Crippen molar-refractivity contribution in [3.8, 4) is 5.88 Å². The van der Waals surface area contributed by atoms with Gasteiger partial charge in [-0.2, -0.15) is 0 Å². The Morgan fingerprint density at radius 2 is 1.94 bits per heavy atom. The second kappa shape index (κ2) is 5.92. The zero-order valence-corrected chi connectivity index (χ0v) is 9.95. The monoisotopic (exact) mass is 243 g/mol. The van der Waals surface area contributed by atoms with Crippen molar-refractivity contribution in [1.29, 1.82) is 0 Å². The zero-order valence-electron chi connectivity index (χ0n) is 9.13. The Hall–Kier alpha value is -1.00. The SMILES string of the molecule is Cl.Nc1cccnc1O[C@H]1CC[C@H](N)CC1. The van der Waals surface area contributed by atoms with Crippen molar-refractivity contribution in [2.45, 2.75) is 37.8 Å². The molecular weight excluding hydrogens is 226 g/mol. The van der Waals surface area contributed by atoms with E-state index in [0.717, 1.165) is 25.7 Å². The van der Waals surface area contributed by atoms with Crippen LogP contribution in [0, 0.1) is 0 Å². The van der Waals surface area contributed by atoms with Gasteiger partial charge in [-0.25, -0.2) is 4.98 Å². The number of ether oxygens (including phenoxy) is 1. The molecule has 1 aromatic rings. The van der Waals surface area contributed by atoms with Gasteiger partial charge >= 0.3 is 0 Å². The summed E-state index contributed by atoms with van der Waals surface area (Å²) in [4.78, 5) is 4.11. The predicted octanol–water partition coefficient (Wildman–Crippen LogP) is 1.73. The number of nitrogens with two attached hydrogens (primary N) is 2. The van der Waals surface area contributed by atoms with Crippen molar-refractivity contribution in [3.05, 3.63) is 18.3 Å².